The van der Waals surface area contributed by atoms with Crippen LogP contribution in [0.3, 0.4) is 0 Å². The molecular weight excluding hydrogens is 108 g/mol. The molecule has 0 saturated heterocycles. The quantitative estimate of drug-likeness (QED) is 0.530. The molecule has 0 heteroatoms. The molecule has 0 rings (SSSR count). The Balaban J connectivity index is -0.000000180. The van der Waals surface area contributed by atoms with E-state index in [4.69, 9.17) is 0 Å². The van der Waals surface area contributed by atoms with Crippen LogP contribution in [0.15, 0.2) is 0 Å². The minimum absolute atomic E-state index is 0. The smallest absolute Gasteiger partial charge is 0.0359 e. The largest absolute Gasteiger partial charge is 0.0776 e. The number of hydrogen-bond acceptors (Lipinski definition) is 0. The van der Waals surface area contributed by atoms with Crippen LogP contribution < -0.4 is 0 Å². The van der Waals surface area contributed by atoms with Gasteiger partial charge in [-0.15, -0.1) is 0 Å². The van der Waals surface area contributed by atoms with E-state index >= 15 is 0 Å². The molecule has 0 bridgehead atoms. The van der Waals surface area contributed by atoms with Crippen LogP contribution >= 0.6 is 0 Å². The maximum atomic E-state index is 2.30. The molecule has 0 aliphatic carbocycles. The van der Waals surface area contributed by atoms with Crippen LogP contribution in [-0.2, 0) is 0 Å². The van der Waals surface area contributed by atoms with Crippen LogP contribution in [0.1, 0.15) is 55.4 Å². The van der Waals surface area contributed by atoms with Crippen LogP contribution in [0, 0.1) is 5.41 Å². The predicted octanol–water partition coefficient (Wildman–Crippen LogP) is 4.10. The van der Waals surface area contributed by atoms with Gasteiger partial charge in [-0.2, -0.15) is 0 Å². The van der Waals surface area contributed by atoms with E-state index < -0.39 is 0 Å². The van der Waals surface area contributed by atoms with Crippen LogP contribution in [-0.4, -0.2) is 0 Å². The van der Waals surface area contributed by atoms with Crippen LogP contribution in [0.5, 0.6) is 0 Å². The minimum Gasteiger partial charge on any atom is -0.0776 e. The third kappa shape index (κ3) is 8.00. The fourth-order valence-corrected chi connectivity index (χ4v) is 0.250. The Labute approximate surface area is 61.7 Å². The standard InChI is InChI=1S/C7H16.2CH4/c1-5-7(3,4)6-2;;/h5-6H2,1-4H3;2*1H4. The molecule has 0 aromatic heterocycles. The van der Waals surface area contributed by atoms with Crippen molar-refractivity contribution in [3.8, 4) is 0 Å². The topological polar surface area (TPSA) is 0 Å². The molecule has 0 radical (unpaired) electrons. The second-order valence-electron chi connectivity index (χ2n) is 2.87. The highest BCUT2D eigenvalue weighted by Gasteiger charge is 2.09. The minimum atomic E-state index is 0. The van der Waals surface area contributed by atoms with E-state index in [9.17, 15) is 0 Å². The summed E-state index contributed by atoms with van der Waals surface area (Å²) in [5.74, 6) is 0. The Bertz CT molecular complexity index is 38.0. The lowest BCUT2D eigenvalue weighted by Crippen LogP contribution is -2.05. The summed E-state index contributed by atoms with van der Waals surface area (Å²) in [7, 11) is 0. The molecule has 0 spiro atoms. The Morgan fingerprint density at radius 2 is 1.11 bits per heavy atom. The van der Waals surface area contributed by atoms with E-state index in [0.29, 0.717) is 5.41 Å². The van der Waals surface area contributed by atoms with Gasteiger partial charge < -0.3 is 0 Å². The van der Waals surface area contributed by atoms with E-state index in [1.807, 2.05) is 0 Å². The van der Waals surface area contributed by atoms with Gasteiger partial charge in [0, 0.05) is 0 Å². The van der Waals surface area contributed by atoms with E-state index in [-0.39, 0.29) is 14.9 Å². The number of rotatable bonds is 2. The van der Waals surface area contributed by atoms with Crippen LogP contribution in [0.25, 0.3) is 0 Å². The monoisotopic (exact) mass is 132 g/mol. The fraction of sp³-hybridized carbons (Fsp3) is 1.00. The van der Waals surface area contributed by atoms with Crippen molar-refractivity contribution in [1.82, 2.24) is 0 Å². The van der Waals surface area contributed by atoms with Gasteiger partial charge in [-0.25, -0.2) is 0 Å². The van der Waals surface area contributed by atoms with E-state index in [1.165, 1.54) is 12.8 Å². The van der Waals surface area contributed by atoms with Crippen molar-refractivity contribution in [2.45, 2.75) is 55.4 Å². The van der Waals surface area contributed by atoms with Crippen LogP contribution in [0.4, 0.5) is 0 Å². The Kier molecular flexibility index (Phi) is 10.9. The molecule has 0 aromatic rings. The average molecular weight is 132 g/mol. The van der Waals surface area contributed by atoms with Gasteiger partial charge >= 0.3 is 0 Å². The molecule has 0 unspecified atom stereocenters. The van der Waals surface area contributed by atoms with E-state index in [2.05, 4.69) is 27.7 Å². The summed E-state index contributed by atoms with van der Waals surface area (Å²) in [6.45, 7) is 9.08. The normalized spacial score (nSPS) is 9.33. The first-order chi connectivity index (χ1) is 3.12. The first kappa shape index (κ1) is 16.0. The van der Waals surface area contributed by atoms with Gasteiger partial charge in [0.15, 0.2) is 0 Å². The predicted molar refractivity (Wildman–Crippen MR) is 47.8 cm³/mol. The maximum Gasteiger partial charge on any atom is -0.0359 e. The van der Waals surface area contributed by atoms with Gasteiger partial charge in [0.05, 0.1) is 0 Å². The van der Waals surface area contributed by atoms with Crippen molar-refractivity contribution in [2.75, 3.05) is 0 Å². The second kappa shape index (κ2) is 6.12. The summed E-state index contributed by atoms with van der Waals surface area (Å²) < 4.78 is 0. The zero-order chi connectivity index (χ0) is 5.91. The summed E-state index contributed by atoms with van der Waals surface area (Å²) in [4.78, 5) is 0. The lowest BCUT2D eigenvalue weighted by atomic mass is 9.88. The SMILES string of the molecule is C.C.CCC(C)(C)CC. The third-order valence-corrected chi connectivity index (χ3v) is 1.91. The maximum absolute atomic E-state index is 2.30. The molecule has 0 heterocycles. The Morgan fingerprint density at radius 3 is 1.11 bits per heavy atom. The molecule has 0 nitrogen and oxygen atoms in total. The molecule has 0 aliphatic rings. The molecule has 0 N–H and O–H groups in total. The molecule has 0 atom stereocenters. The van der Waals surface area contributed by atoms with Crippen LogP contribution in [0.2, 0.25) is 0 Å². The zero-order valence-corrected chi connectivity index (χ0v) is 5.91. The van der Waals surface area contributed by atoms with Crippen molar-refractivity contribution in [1.29, 1.82) is 0 Å². The molecule has 9 heavy (non-hydrogen) atoms. The molecule has 0 saturated carbocycles. The lowest BCUT2D eigenvalue weighted by Gasteiger charge is -2.18. The van der Waals surface area contributed by atoms with Gasteiger partial charge in [0.25, 0.3) is 0 Å². The highest BCUT2D eigenvalue weighted by molar-refractivity contribution is 4.61. The van der Waals surface area contributed by atoms with E-state index in [0.717, 1.165) is 0 Å². The van der Waals surface area contributed by atoms with Crippen molar-refractivity contribution >= 4 is 0 Å². The molecule has 0 aromatic carbocycles. The summed E-state index contributed by atoms with van der Waals surface area (Å²) >= 11 is 0. The van der Waals surface area contributed by atoms with E-state index in [1.54, 1.807) is 0 Å². The molecule has 0 amide bonds. The highest BCUT2D eigenvalue weighted by Crippen LogP contribution is 2.22. The fourth-order valence-electron chi connectivity index (χ4n) is 0.250. The Hall–Kier alpha value is 0. The van der Waals surface area contributed by atoms with Gasteiger partial charge in [-0.05, 0) is 5.41 Å². The van der Waals surface area contributed by atoms with Gasteiger partial charge in [-0.1, -0.05) is 55.4 Å². The highest BCUT2D eigenvalue weighted by atomic mass is 14.1. The molecule has 0 aliphatic heterocycles. The zero-order valence-electron chi connectivity index (χ0n) is 5.91. The summed E-state index contributed by atoms with van der Waals surface area (Å²) in [5.41, 5.74) is 0.583. The average Bonchev–Trinajstić information content (AvgIpc) is 1.68. The summed E-state index contributed by atoms with van der Waals surface area (Å²) in [6, 6.07) is 0. The molecule has 60 valence electrons. The Morgan fingerprint density at radius 1 is 0.889 bits per heavy atom. The summed E-state index contributed by atoms with van der Waals surface area (Å²) in [5, 5.41) is 0. The third-order valence-electron chi connectivity index (χ3n) is 1.91. The van der Waals surface area contributed by atoms with Crippen molar-refractivity contribution in [3.63, 3.8) is 0 Å². The summed E-state index contributed by atoms with van der Waals surface area (Å²) in [6.07, 6.45) is 2.59. The second-order valence-corrected chi connectivity index (χ2v) is 2.87. The first-order valence-electron chi connectivity index (χ1n) is 3.12. The van der Waals surface area contributed by atoms with Crippen molar-refractivity contribution in [2.24, 2.45) is 5.41 Å². The van der Waals surface area contributed by atoms with Gasteiger partial charge in [0.1, 0.15) is 0 Å². The molecular formula is C9H24. The van der Waals surface area contributed by atoms with Crippen molar-refractivity contribution in [3.05, 3.63) is 0 Å². The number of hydrogen-bond donors (Lipinski definition) is 0. The first-order valence-corrected chi connectivity index (χ1v) is 3.12. The van der Waals surface area contributed by atoms with Crippen molar-refractivity contribution < 1.29 is 0 Å². The van der Waals surface area contributed by atoms with Gasteiger partial charge in [-0.3, -0.25) is 0 Å². The van der Waals surface area contributed by atoms with Gasteiger partial charge in [0.2, 0.25) is 0 Å². The lowest BCUT2D eigenvalue weighted by molar-refractivity contribution is 0.338. The molecule has 0 fully saturated rings.